The van der Waals surface area contributed by atoms with Crippen LogP contribution in [0.5, 0.6) is 0 Å². The van der Waals surface area contributed by atoms with Gasteiger partial charge in [-0.15, -0.1) is 0 Å². The van der Waals surface area contributed by atoms with E-state index in [4.69, 9.17) is 4.63 Å². The fourth-order valence-electron chi connectivity index (χ4n) is 3.36. The minimum atomic E-state index is -0.798. The van der Waals surface area contributed by atoms with Gasteiger partial charge in [0.15, 0.2) is 5.52 Å². The van der Waals surface area contributed by atoms with Gasteiger partial charge in [0.2, 0.25) is 5.91 Å². The number of rotatable bonds is 4. The molecule has 0 aliphatic carbocycles. The van der Waals surface area contributed by atoms with Crippen LogP contribution in [0, 0.1) is 0 Å². The summed E-state index contributed by atoms with van der Waals surface area (Å²) in [5.41, 5.74) is 3.47. The molecule has 0 bridgehead atoms. The summed E-state index contributed by atoms with van der Waals surface area (Å²) in [4.78, 5) is 32.7. The molecule has 9 heteroatoms. The predicted molar refractivity (Wildman–Crippen MR) is 111 cm³/mol. The van der Waals surface area contributed by atoms with E-state index in [0.29, 0.717) is 16.7 Å². The molecule has 3 aromatic heterocycles. The molecule has 9 nitrogen and oxygen atoms in total. The second-order valence-corrected chi connectivity index (χ2v) is 6.91. The lowest BCUT2D eigenvalue weighted by molar-refractivity contribution is -0.117. The molecule has 0 aliphatic heterocycles. The summed E-state index contributed by atoms with van der Waals surface area (Å²) in [6, 6.07) is 13.9. The minimum absolute atomic E-state index is 0.231. The lowest BCUT2D eigenvalue weighted by Crippen LogP contribution is -2.41. The molecular formula is C21H16N6O3. The molecule has 0 saturated heterocycles. The Kier molecular flexibility index (Phi) is 4.13. The molecule has 5 rings (SSSR count). The van der Waals surface area contributed by atoms with Crippen molar-refractivity contribution in [3.63, 3.8) is 0 Å². The van der Waals surface area contributed by atoms with Gasteiger partial charge in [-0.3, -0.25) is 9.59 Å². The summed E-state index contributed by atoms with van der Waals surface area (Å²) in [7, 11) is 0. The Bertz CT molecular complexity index is 1420. The van der Waals surface area contributed by atoms with E-state index in [1.807, 2.05) is 24.3 Å². The number of anilines is 1. The van der Waals surface area contributed by atoms with Crippen molar-refractivity contribution >= 4 is 50.3 Å². The topological polar surface area (TPSA) is 126 Å². The van der Waals surface area contributed by atoms with Crippen molar-refractivity contribution in [3.05, 3.63) is 60.4 Å². The van der Waals surface area contributed by atoms with Crippen molar-refractivity contribution in [1.29, 1.82) is 0 Å². The highest BCUT2D eigenvalue weighted by atomic mass is 16.6. The number of amides is 2. The number of hydrogen-bond donors (Lipinski definition) is 3. The number of nitrogens with zero attached hydrogens (tertiary/aromatic N) is 3. The number of nitrogens with one attached hydrogen (secondary N) is 3. The van der Waals surface area contributed by atoms with Gasteiger partial charge >= 0.3 is 0 Å². The van der Waals surface area contributed by atoms with Crippen LogP contribution in [-0.2, 0) is 4.79 Å². The Balaban J connectivity index is 1.34. The second kappa shape index (κ2) is 6.96. The third kappa shape index (κ3) is 3.02. The Hall–Kier alpha value is -4.27. The third-order valence-electron chi connectivity index (χ3n) is 4.91. The molecule has 2 aromatic carbocycles. The normalized spacial score (nSPS) is 12.3. The predicted octanol–water partition coefficient (Wildman–Crippen LogP) is 3.01. The number of hydrogen-bond acceptors (Lipinski definition) is 6. The number of fused-ring (bicyclic) bond motifs is 4. The number of benzene rings is 2. The number of carbonyl (C=O) groups is 2. The van der Waals surface area contributed by atoms with Gasteiger partial charge in [-0.1, -0.05) is 24.3 Å². The Labute approximate surface area is 169 Å². The summed E-state index contributed by atoms with van der Waals surface area (Å²) in [6.45, 7) is 1.60. The molecule has 3 heterocycles. The first-order chi connectivity index (χ1) is 14.6. The molecule has 5 aromatic rings. The molecule has 30 heavy (non-hydrogen) atoms. The first kappa shape index (κ1) is 17.8. The van der Waals surface area contributed by atoms with E-state index in [-0.39, 0.29) is 5.69 Å². The van der Waals surface area contributed by atoms with Gasteiger partial charge in [-0.05, 0) is 41.5 Å². The quantitative estimate of drug-likeness (QED) is 0.426. The molecular weight excluding hydrogens is 384 g/mol. The van der Waals surface area contributed by atoms with E-state index in [1.54, 1.807) is 37.4 Å². The van der Waals surface area contributed by atoms with Crippen molar-refractivity contribution < 1.29 is 14.2 Å². The average molecular weight is 400 g/mol. The van der Waals surface area contributed by atoms with E-state index in [0.717, 1.165) is 21.8 Å². The Morgan fingerprint density at radius 3 is 2.80 bits per heavy atom. The zero-order valence-electron chi connectivity index (χ0n) is 15.8. The summed E-state index contributed by atoms with van der Waals surface area (Å²) in [6.07, 6.45) is 1.62. The molecule has 1 atom stereocenters. The molecule has 0 fully saturated rings. The van der Waals surface area contributed by atoms with Crippen LogP contribution in [0.3, 0.4) is 0 Å². The highest BCUT2D eigenvalue weighted by molar-refractivity contribution is 6.09. The molecule has 2 amide bonds. The zero-order valence-corrected chi connectivity index (χ0v) is 15.8. The Morgan fingerprint density at radius 1 is 1.03 bits per heavy atom. The summed E-state index contributed by atoms with van der Waals surface area (Å²) in [5.74, 6) is -0.835. The largest absolute Gasteiger partial charge is 0.353 e. The van der Waals surface area contributed by atoms with Gasteiger partial charge in [0.05, 0.1) is 17.4 Å². The molecule has 0 aliphatic rings. The maximum absolute atomic E-state index is 12.7. The second-order valence-electron chi connectivity index (χ2n) is 6.91. The van der Waals surface area contributed by atoms with Crippen LogP contribution in [0.15, 0.2) is 59.4 Å². The summed E-state index contributed by atoms with van der Waals surface area (Å²) in [5, 5.41) is 14.8. The number of para-hydroxylation sites is 1. The van der Waals surface area contributed by atoms with Gasteiger partial charge in [0, 0.05) is 16.3 Å². The highest BCUT2D eigenvalue weighted by Crippen LogP contribution is 2.25. The number of carbonyl (C=O) groups excluding carboxylic acids is 2. The smallest absolute Gasteiger partial charge is 0.270 e. The maximum atomic E-state index is 12.7. The third-order valence-corrected chi connectivity index (χ3v) is 4.91. The lowest BCUT2D eigenvalue weighted by Gasteiger charge is -2.14. The van der Waals surface area contributed by atoms with E-state index in [1.165, 1.54) is 0 Å². The van der Waals surface area contributed by atoms with Crippen LogP contribution in [0.25, 0.3) is 32.8 Å². The van der Waals surface area contributed by atoms with Crippen LogP contribution in [0.1, 0.15) is 17.4 Å². The fourth-order valence-corrected chi connectivity index (χ4v) is 3.36. The van der Waals surface area contributed by atoms with E-state index >= 15 is 0 Å². The van der Waals surface area contributed by atoms with Crippen molar-refractivity contribution in [2.24, 2.45) is 0 Å². The van der Waals surface area contributed by atoms with E-state index < -0.39 is 17.9 Å². The molecule has 1 unspecified atom stereocenters. The van der Waals surface area contributed by atoms with Gasteiger partial charge in [0.1, 0.15) is 17.3 Å². The summed E-state index contributed by atoms with van der Waals surface area (Å²) >= 11 is 0. The average Bonchev–Trinajstić information content (AvgIpc) is 3.38. The van der Waals surface area contributed by atoms with Gasteiger partial charge in [-0.25, -0.2) is 9.61 Å². The monoisotopic (exact) mass is 400 g/mol. The van der Waals surface area contributed by atoms with Crippen molar-refractivity contribution in [1.82, 2.24) is 25.6 Å². The van der Waals surface area contributed by atoms with E-state index in [9.17, 15) is 9.59 Å². The first-order valence-electron chi connectivity index (χ1n) is 9.29. The lowest BCUT2D eigenvalue weighted by atomic mass is 10.1. The fraction of sp³-hybridized carbons (Fsp3) is 0.0952. The number of pyridine rings is 1. The van der Waals surface area contributed by atoms with Crippen LogP contribution >= 0.6 is 0 Å². The number of aromatic amines is 1. The van der Waals surface area contributed by atoms with Crippen molar-refractivity contribution in [2.75, 3.05) is 5.32 Å². The van der Waals surface area contributed by atoms with Crippen LogP contribution in [-0.4, -0.2) is 38.1 Å². The van der Waals surface area contributed by atoms with Gasteiger partial charge < -0.3 is 15.6 Å². The SMILES string of the molecule is CC(NC(=O)c1cc2c(cn1)[nH]c1ccccc12)C(=O)Nc1cccc2nonc12. The standard InChI is InChI=1S/C21H16N6O3/c1-11(20(28)25-15-7-4-8-16-19(15)27-30-26-16)23-21(29)17-9-13-12-5-2-3-6-14(12)24-18(13)10-22-17/h2-11,24H,1H3,(H,23,29)(H,25,28). The van der Waals surface area contributed by atoms with Crippen LogP contribution in [0.2, 0.25) is 0 Å². The molecule has 3 N–H and O–H groups in total. The molecule has 0 radical (unpaired) electrons. The van der Waals surface area contributed by atoms with Crippen LogP contribution < -0.4 is 10.6 Å². The van der Waals surface area contributed by atoms with Gasteiger partial charge in [0.25, 0.3) is 5.91 Å². The minimum Gasteiger partial charge on any atom is -0.353 e. The van der Waals surface area contributed by atoms with Crippen LogP contribution in [0.4, 0.5) is 5.69 Å². The molecule has 0 spiro atoms. The number of aromatic nitrogens is 4. The van der Waals surface area contributed by atoms with Crippen molar-refractivity contribution in [2.45, 2.75) is 13.0 Å². The maximum Gasteiger partial charge on any atom is 0.270 e. The summed E-state index contributed by atoms with van der Waals surface area (Å²) < 4.78 is 4.70. The van der Waals surface area contributed by atoms with Crippen molar-refractivity contribution in [3.8, 4) is 0 Å². The number of H-pyrrole nitrogens is 1. The Morgan fingerprint density at radius 2 is 1.90 bits per heavy atom. The highest BCUT2D eigenvalue weighted by Gasteiger charge is 2.20. The first-order valence-corrected chi connectivity index (χ1v) is 9.29. The molecule has 148 valence electrons. The molecule has 0 saturated carbocycles. The zero-order chi connectivity index (χ0) is 20.7. The van der Waals surface area contributed by atoms with Gasteiger partial charge in [-0.2, -0.15) is 0 Å². The van der Waals surface area contributed by atoms with E-state index in [2.05, 4.69) is 30.9 Å².